The molecule has 0 spiro atoms. The van der Waals surface area contributed by atoms with Gasteiger partial charge < -0.3 is 9.47 Å². The summed E-state index contributed by atoms with van der Waals surface area (Å²) >= 11 is 0. The van der Waals surface area contributed by atoms with Gasteiger partial charge in [-0.25, -0.2) is 4.79 Å². The van der Waals surface area contributed by atoms with E-state index in [-0.39, 0.29) is 18.0 Å². The lowest BCUT2D eigenvalue weighted by Crippen LogP contribution is -2.26. The molecule has 1 aliphatic rings. The van der Waals surface area contributed by atoms with E-state index in [0.717, 1.165) is 25.7 Å². The first-order valence-corrected chi connectivity index (χ1v) is 5.99. The Bertz CT molecular complexity index is 301. The van der Waals surface area contributed by atoms with Gasteiger partial charge in [-0.2, -0.15) is 0 Å². The molecule has 0 aromatic heterocycles. The molecule has 96 valence electrons. The molecular formula is C13H20O4. The monoisotopic (exact) mass is 240 g/mol. The summed E-state index contributed by atoms with van der Waals surface area (Å²) < 4.78 is 10.3. The zero-order chi connectivity index (χ0) is 12.8. The first-order chi connectivity index (χ1) is 7.99. The van der Waals surface area contributed by atoms with Crippen molar-refractivity contribution in [1.82, 2.24) is 0 Å². The van der Waals surface area contributed by atoms with Crippen LogP contribution in [0.5, 0.6) is 0 Å². The second-order valence-corrected chi connectivity index (χ2v) is 4.63. The van der Waals surface area contributed by atoms with E-state index in [0.29, 0.717) is 18.1 Å². The number of ether oxygens (including phenoxy) is 2. The molecule has 0 amide bonds. The zero-order valence-electron chi connectivity index (χ0n) is 10.5. The fourth-order valence-electron chi connectivity index (χ4n) is 1.97. The minimum absolute atomic E-state index is 0.0422. The maximum atomic E-state index is 11.2. The van der Waals surface area contributed by atoms with Gasteiger partial charge in [0.25, 0.3) is 0 Å². The van der Waals surface area contributed by atoms with Crippen LogP contribution in [0.3, 0.4) is 0 Å². The Kier molecular flexibility index (Phi) is 5.19. The van der Waals surface area contributed by atoms with Crippen molar-refractivity contribution in [2.24, 2.45) is 5.92 Å². The molecule has 0 unspecified atom stereocenters. The molecule has 1 fully saturated rings. The summed E-state index contributed by atoms with van der Waals surface area (Å²) in [6.07, 6.45) is 3.62. The topological polar surface area (TPSA) is 52.6 Å². The molecule has 17 heavy (non-hydrogen) atoms. The number of rotatable bonds is 4. The average molecular weight is 240 g/mol. The van der Waals surface area contributed by atoms with Crippen LogP contribution in [0.1, 0.15) is 39.5 Å². The summed E-state index contributed by atoms with van der Waals surface area (Å²) in [6.45, 7) is 7.04. The molecule has 1 aliphatic carbocycles. The molecule has 4 nitrogen and oxygen atoms in total. The summed E-state index contributed by atoms with van der Waals surface area (Å²) in [4.78, 5) is 22.0. The van der Waals surface area contributed by atoms with E-state index in [1.54, 1.807) is 6.92 Å². The summed E-state index contributed by atoms with van der Waals surface area (Å²) in [6, 6.07) is 0. The predicted octanol–water partition coefficient (Wildman–Crippen LogP) is 2.23. The lowest BCUT2D eigenvalue weighted by atomic mass is 9.88. The molecule has 0 aromatic rings. The molecular weight excluding hydrogens is 220 g/mol. The van der Waals surface area contributed by atoms with E-state index in [1.807, 2.05) is 0 Å². The fourth-order valence-corrected chi connectivity index (χ4v) is 1.97. The molecule has 0 bridgehead atoms. The Hall–Kier alpha value is -1.32. The Morgan fingerprint density at radius 2 is 1.76 bits per heavy atom. The number of hydrogen-bond donors (Lipinski definition) is 0. The fraction of sp³-hybridized carbons (Fsp3) is 0.692. The number of esters is 2. The second kappa shape index (κ2) is 6.42. The third-order valence-corrected chi connectivity index (χ3v) is 2.93. The number of carbonyl (C=O) groups excluding carboxylic acids is 2. The molecule has 0 aliphatic heterocycles. The first-order valence-electron chi connectivity index (χ1n) is 5.99. The highest BCUT2D eigenvalue weighted by Gasteiger charge is 2.23. The minimum Gasteiger partial charge on any atom is -0.463 e. The van der Waals surface area contributed by atoms with Crippen LogP contribution >= 0.6 is 0 Å². The van der Waals surface area contributed by atoms with Crippen molar-refractivity contribution in [2.45, 2.75) is 45.6 Å². The Morgan fingerprint density at radius 1 is 1.18 bits per heavy atom. The van der Waals surface area contributed by atoms with Crippen LogP contribution in [-0.2, 0) is 19.1 Å². The molecule has 4 heteroatoms. The van der Waals surface area contributed by atoms with Crippen LogP contribution in [0.4, 0.5) is 0 Å². The highest BCUT2D eigenvalue weighted by atomic mass is 16.5. The van der Waals surface area contributed by atoms with Crippen LogP contribution in [0, 0.1) is 5.92 Å². The second-order valence-electron chi connectivity index (χ2n) is 4.63. The zero-order valence-corrected chi connectivity index (χ0v) is 10.5. The van der Waals surface area contributed by atoms with Gasteiger partial charge in [-0.15, -0.1) is 0 Å². The van der Waals surface area contributed by atoms with Gasteiger partial charge in [0.05, 0.1) is 6.61 Å². The van der Waals surface area contributed by atoms with Crippen molar-refractivity contribution in [2.75, 3.05) is 6.61 Å². The largest absolute Gasteiger partial charge is 0.463 e. The summed E-state index contributed by atoms with van der Waals surface area (Å²) in [5.41, 5.74) is 0.429. The van der Waals surface area contributed by atoms with Crippen molar-refractivity contribution in [3.8, 4) is 0 Å². The minimum atomic E-state index is -0.327. The maximum Gasteiger partial charge on any atom is 0.333 e. The van der Waals surface area contributed by atoms with Crippen molar-refractivity contribution < 1.29 is 19.1 Å². The van der Waals surface area contributed by atoms with E-state index in [2.05, 4.69) is 6.58 Å². The van der Waals surface area contributed by atoms with E-state index in [1.165, 1.54) is 6.92 Å². The van der Waals surface area contributed by atoms with Gasteiger partial charge in [0.1, 0.15) is 6.10 Å². The van der Waals surface area contributed by atoms with Gasteiger partial charge in [-0.05, 0) is 38.5 Å². The average Bonchev–Trinajstić information content (AvgIpc) is 2.26. The van der Waals surface area contributed by atoms with Gasteiger partial charge >= 0.3 is 11.9 Å². The lowest BCUT2D eigenvalue weighted by Gasteiger charge is -2.27. The summed E-state index contributed by atoms with van der Waals surface area (Å²) in [5, 5.41) is 0. The standard InChI is InChI=1S/C13H20O4/c1-9(2)13(15)16-8-11-4-6-12(7-5-11)17-10(3)14/h11-12H,1,4-8H2,2-3H3. The van der Waals surface area contributed by atoms with Crippen LogP contribution < -0.4 is 0 Å². The molecule has 0 aromatic carbocycles. The van der Waals surface area contributed by atoms with E-state index < -0.39 is 0 Å². The molecule has 0 heterocycles. The van der Waals surface area contributed by atoms with Gasteiger partial charge in [0, 0.05) is 12.5 Å². The third-order valence-electron chi connectivity index (χ3n) is 2.93. The molecule has 0 saturated heterocycles. The highest BCUT2D eigenvalue weighted by molar-refractivity contribution is 5.86. The van der Waals surface area contributed by atoms with Gasteiger partial charge in [-0.1, -0.05) is 6.58 Å². The maximum absolute atomic E-state index is 11.2. The van der Waals surface area contributed by atoms with E-state index in [9.17, 15) is 9.59 Å². The van der Waals surface area contributed by atoms with E-state index in [4.69, 9.17) is 9.47 Å². The smallest absolute Gasteiger partial charge is 0.333 e. The molecule has 1 saturated carbocycles. The predicted molar refractivity (Wildman–Crippen MR) is 63.3 cm³/mol. The van der Waals surface area contributed by atoms with Gasteiger partial charge in [0.2, 0.25) is 0 Å². The van der Waals surface area contributed by atoms with Crippen LogP contribution in [-0.4, -0.2) is 24.6 Å². The van der Waals surface area contributed by atoms with Crippen molar-refractivity contribution in [3.05, 3.63) is 12.2 Å². The van der Waals surface area contributed by atoms with Gasteiger partial charge in [-0.3, -0.25) is 4.79 Å². The van der Waals surface area contributed by atoms with Crippen molar-refractivity contribution in [3.63, 3.8) is 0 Å². The van der Waals surface area contributed by atoms with Crippen LogP contribution in [0.2, 0.25) is 0 Å². The van der Waals surface area contributed by atoms with Crippen LogP contribution in [0.15, 0.2) is 12.2 Å². The molecule has 0 N–H and O–H groups in total. The molecule has 0 atom stereocenters. The van der Waals surface area contributed by atoms with Gasteiger partial charge in [0.15, 0.2) is 0 Å². The van der Waals surface area contributed by atoms with Crippen molar-refractivity contribution in [1.29, 1.82) is 0 Å². The summed E-state index contributed by atoms with van der Waals surface area (Å²) in [5.74, 6) is -0.167. The van der Waals surface area contributed by atoms with E-state index >= 15 is 0 Å². The Balaban J connectivity index is 2.21. The van der Waals surface area contributed by atoms with Crippen LogP contribution in [0.25, 0.3) is 0 Å². The highest BCUT2D eigenvalue weighted by Crippen LogP contribution is 2.26. The molecule has 0 radical (unpaired) electrons. The Labute approximate surface area is 102 Å². The quantitative estimate of drug-likeness (QED) is 0.558. The number of hydrogen-bond acceptors (Lipinski definition) is 4. The van der Waals surface area contributed by atoms with Crippen molar-refractivity contribution >= 4 is 11.9 Å². The lowest BCUT2D eigenvalue weighted by molar-refractivity contribution is -0.148. The SMILES string of the molecule is C=C(C)C(=O)OCC1CCC(OC(C)=O)CC1. The number of carbonyl (C=O) groups is 2. The molecule has 1 rings (SSSR count). The normalized spacial score (nSPS) is 23.9. The Morgan fingerprint density at radius 3 is 2.24 bits per heavy atom. The first kappa shape index (κ1) is 13.7. The summed E-state index contributed by atoms with van der Waals surface area (Å²) in [7, 11) is 0. The third kappa shape index (κ3) is 5.02.